The Morgan fingerprint density at radius 1 is 1.07 bits per heavy atom. The van der Waals surface area contributed by atoms with Crippen LogP contribution in [0, 0.1) is 5.82 Å². The van der Waals surface area contributed by atoms with Crippen molar-refractivity contribution in [2.24, 2.45) is 0 Å². The van der Waals surface area contributed by atoms with Crippen LogP contribution in [0.5, 0.6) is 5.75 Å². The summed E-state index contributed by atoms with van der Waals surface area (Å²) in [6.45, 7) is 1.65. The highest BCUT2D eigenvalue weighted by Gasteiger charge is 2.38. The molecule has 27 heavy (non-hydrogen) atoms. The molecule has 0 saturated carbocycles. The highest BCUT2D eigenvalue weighted by atomic mass is 19.1. The minimum absolute atomic E-state index is 0.165. The van der Waals surface area contributed by atoms with E-state index in [1.165, 1.54) is 43.4 Å². The maximum atomic E-state index is 13.3. The minimum atomic E-state index is -0.619. The Labute approximate surface area is 156 Å². The summed E-state index contributed by atoms with van der Waals surface area (Å²) in [5, 5.41) is 0. The molecule has 2 aromatic carbocycles. The minimum Gasteiger partial charge on any atom is -0.496 e. The van der Waals surface area contributed by atoms with Gasteiger partial charge in [-0.2, -0.15) is 0 Å². The lowest BCUT2D eigenvalue weighted by molar-refractivity contribution is -0.136. The molecule has 5 nitrogen and oxygen atoms in total. The number of carbonyl (C=O) groups excluding carboxylic acids is 2. The standard InChI is InChI=1S/C21H18FNO4/c1-13-19(21(25)27-3)17(12-14-6-4-5-7-18(14)26-2)20(24)23(13)16-10-8-15(22)9-11-16/h4-12H,1-3H3/b17-12-. The number of ether oxygens (including phenoxy) is 2. The van der Waals surface area contributed by atoms with Crippen LogP contribution in [-0.2, 0) is 14.3 Å². The van der Waals surface area contributed by atoms with E-state index in [9.17, 15) is 14.0 Å². The van der Waals surface area contributed by atoms with E-state index in [4.69, 9.17) is 9.47 Å². The summed E-state index contributed by atoms with van der Waals surface area (Å²) in [5.41, 5.74) is 1.88. The number of carbonyl (C=O) groups is 2. The molecule has 1 aliphatic rings. The number of halogens is 1. The number of hydrogen-bond donors (Lipinski definition) is 0. The molecule has 6 heteroatoms. The molecule has 0 spiro atoms. The molecule has 0 radical (unpaired) electrons. The first-order valence-corrected chi connectivity index (χ1v) is 8.22. The van der Waals surface area contributed by atoms with E-state index in [2.05, 4.69) is 0 Å². The zero-order chi connectivity index (χ0) is 19.6. The molecule has 0 atom stereocenters. The Bertz CT molecular complexity index is 960. The fourth-order valence-electron chi connectivity index (χ4n) is 3.02. The number of methoxy groups -OCH3 is 2. The highest BCUT2D eigenvalue weighted by Crippen LogP contribution is 2.36. The SMILES string of the molecule is COC(=O)C1=C(C)N(c2ccc(F)cc2)C(=O)/C1=C\c1ccccc1OC. The normalized spacial score (nSPS) is 15.5. The summed E-state index contributed by atoms with van der Waals surface area (Å²) >= 11 is 0. The molecule has 0 unspecified atom stereocenters. The summed E-state index contributed by atoms with van der Waals surface area (Å²) in [6.07, 6.45) is 1.60. The van der Waals surface area contributed by atoms with Gasteiger partial charge in [-0.3, -0.25) is 9.69 Å². The number of rotatable bonds is 4. The van der Waals surface area contributed by atoms with E-state index in [0.717, 1.165) is 0 Å². The van der Waals surface area contributed by atoms with Crippen LogP contribution in [0.4, 0.5) is 10.1 Å². The quantitative estimate of drug-likeness (QED) is 0.611. The van der Waals surface area contributed by atoms with Crippen LogP contribution >= 0.6 is 0 Å². The Kier molecular flexibility index (Phi) is 5.07. The van der Waals surface area contributed by atoms with Crippen LogP contribution in [0.2, 0.25) is 0 Å². The predicted molar refractivity (Wildman–Crippen MR) is 99.6 cm³/mol. The maximum absolute atomic E-state index is 13.3. The molecule has 1 heterocycles. The summed E-state index contributed by atoms with van der Waals surface area (Å²) in [4.78, 5) is 26.8. The zero-order valence-electron chi connectivity index (χ0n) is 15.2. The molecule has 3 rings (SSSR count). The maximum Gasteiger partial charge on any atom is 0.340 e. The second-order valence-corrected chi connectivity index (χ2v) is 5.87. The summed E-state index contributed by atoms with van der Waals surface area (Å²) in [7, 11) is 2.79. The van der Waals surface area contributed by atoms with Crippen LogP contribution < -0.4 is 9.64 Å². The monoisotopic (exact) mass is 367 g/mol. The van der Waals surface area contributed by atoms with Crippen LogP contribution in [0.25, 0.3) is 6.08 Å². The first kappa shape index (κ1) is 18.4. The fourth-order valence-corrected chi connectivity index (χ4v) is 3.02. The van der Waals surface area contributed by atoms with Gasteiger partial charge in [-0.1, -0.05) is 18.2 Å². The van der Waals surface area contributed by atoms with Crippen LogP contribution in [0.1, 0.15) is 12.5 Å². The third kappa shape index (κ3) is 3.33. The number of para-hydroxylation sites is 1. The number of allylic oxidation sites excluding steroid dienone is 1. The molecule has 1 aliphatic heterocycles. The molecule has 0 bridgehead atoms. The lowest BCUT2D eigenvalue weighted by atomic mass is 10.0. The topological polar surface area (TPSA) is 55.8 Å². The zero-order valence-corrected chi connectivity index (χ0v) is 15.2. The van der Waals surface area contributed by atoms with E-state index >= 15 is 0 Å². The molecule has 0 saturated heterocycles. The highest BCUT2D eigenvalue weighted by molar-refractivity contribution is 6.23. The summed E-state index contributed by atoms with van der Waals surface area (Å²) in [5.74, 6) is -0.859. The third-order valence-corrected chi connectivity index (χ3v) is 4.31. The van der Waals surface area contributed by atoms with Gasteiger partial charge in [-0.25, -0.2) is 9.18 Å². The van der Waals surface area contributed by atoms with Gasteiger partial charge >= 0.3 is 5.97 Å². The Morgan fingerprint density at radius 2 is 1.74 bits per heavy atom. The number of amides is 1. The van der Waals surface area contributed by atoms with Crippen LogP contribution in [0.3, 0.4) is 0 Å². The summed E-state index contributed by atoms with van der Waals surface area (Å²) < 4.78 is 23.5. The van der Waals surface area contributed by atoms with E-state index < -0.39 is 17.7 Å². The first-order chi connectivity index (χ1) is 13.0. The molecule has 1 amide bonds. The molecule has 138 valence electrons. The second kappa shape index (κ2) is 7.45. The van der Waals surface area contributed by atoms with Crippen molar-refractivity contribution in [3.63, 3.8) is 0 Å². The van der Waals surface area contributed by atoms with Gasteiger partial charge < -0.3 is 9.47 Å². The molecule has 0 N–H and O–H groups in total. The average molecular weight is 367 g/mol. The molecular formula is C21H18FNO4. The number of benzene rings is 2. The lowest BCUT2D eigenvalue weighted by Crippen LogP contribution is -2.24. The average Bonchev–Trinajstić information content (AvgIpc) is 2.92. The Morgan fingerprint density at radius 3 is 2.37 bits per heavy atom. The second-order valence-electron chi connectivity index (χ2n) is 5.87. The Hall–Kier alpha value is -3.41. The molecular weight excluding hydrogens is 349 g/mol. The Balaban J connectivity index is 2.16. The van der Waals surface area contributed by atoms with Gasteiger partial charge in [0.15, 0.2) is 0 Å². The van der Waals surface area contributed by atoms with Crippen molar-refractivity contribution in [3.05, 3.63) is 76.8 Å². The van der Waals surface area contributed by atoms with E-state index in [1.54, 1.807) is 31.2 Å². The number of anilines is 1. The van der Waals surface area contributed by atoms with Crippen molar-refractivity contribution in [3.8, 4) is 5.75 Å². The third-order valence-electron chi connectivity index (χ3n) is 4.31. The first-order valence-electron chi connectivity index (χ1n) is 8.22. The van der Waals surface area contributed by atoms with Crippen molar-refractivity contribution in [2.75, 3.05) is 19.1 Å². The smallest absolute Gasteiger partial charge is 0.340 e. The molecule has 0 aromatic heterocycles. The lowest BCUT2D eigenvalue weighted by Gasteiger charge is -2.17. The van der Waals surface area contributed by atoms with Crippen molar-refractivity contribution >= 4 is 23.6 Å². The van der Waals surface area contributed by atoms with Crippen molar-refractivity contribution in [2.45, 2.75) is 6.92 Å². The van der Waals surface area contributed by atoms with Gasteiger partial charge in [-0.15, -0.1) is 0 Å². The van der Waals surface area contributed by atoms with Crippen molar-refractivity contribution in [1.82, 2.24) is 0 Å². The van der Waals surface area contributed by atoms with Crippen molar-refractivity contribution < 1.29 is 23.5 Å². The number of esters is 1. The van der Waals surface area contributed by atoms with E-state index in [-0.39, 0.29) is 11.1 Å². The summed E-state index contributed by atoms with van der Waals surface area (Å²) in [6, 6.07) is 12.6. The van der Waals surface area contributed by atoms with Gasteiger partial charge in [0, 0.05) is 16.9 Å². The van der Waals surface area contributed by atoms with Gasteiger partial charge in [-0.05, 0) is 43.3 Å². The predicted octanol–water partition coefficient (Wildman–Crippen LogP) is 3.71. The van der Waals surface area contributed by atoms with Gasteiger partial charge in [0.25, 0.3) is 5.91 Å². The number of hydrogen-bond acceptors (Lipinski definition) is 4. The number of nitrogens with zero attached hydrogens (tertiary/aromatic N) is 1. The van der Waals surface area contributed by atoms with Crippen molar-refractivity contribution in [1.29, 1.82) is 0 Å². The fraction of sp³-hybridized carbons (Fsp3) is 0.143. The van der Waals surface area contributed by atoms with Crippen LogP contribution in [0.15, 0.2) is 65.4 Å². The van der Waals surface area contributed by atoms with Gasteiger partial charge in [0.05, 0.1) is 25.4 Å². The molecule has 0 aliphatic carbocycles. The van der Waals surface area contributed by atoms with Gasteiger partial charge in [0.1, 0.15) is 11.6 Å². The van der Waals surface area contributed by atoms with E-state index in [0.29, 0.717) is 22.7 Å². The largest absolute Gasteiger partial charge is 0.496 e. The van der Waals surface area contributed by atoms with E-state index in [1.807, 2.05) is 6.07 Å². The molecule has 2 aromatic rings. The van der Waals surface area contributed by atoms with Crippen LogP contribution in [-0.4, -0.2) is 26.1 Å². The van der Waals surface area contributed by atoms with Gasteiger partial charge in [0.2, 0.25) is 0 Å². The molecule has 0 fully saturated rings.